The number of hydrogen-bond acceptors (Lipinski definition) is 5. The Morgan fingerprint density at radius 3 is 2.21 bits per heavy atom. The minimum Gasteiger partial charge on any atom is -0.312 e. The van der Waals surface area contributed by atoms with Crippen molar-refractivity contribution in [3.63, 3.8) is 0 Å². The average molecular weight is 589 g/mol. The summed E-state index contributed by atoms with van der Waals surface area (Å²) < 4.78 is 13.4. The molecule has 0 saturated carbocycles. The summed E-state index contributed by atoms with van der Waals surface area (Å²) in [5.74, 6) is -0.0288. The molecular formula is C34H41FN4O2S. The zero-order chi connectivity index (χ0) is 29.6. The van der Waals surface area contributed by atoms with Gasteiger partial charge in [-0.05, 0) is 48.1 Å². The molecule has 6 nitrogen and oxygen atoms in total. The maximum atomic E-state index is 13.8. The van der Waals surface area contributed by atoms with E-state index < -0.39 is 5.69 Å². The van der Waals surface area contributed by atoms with E-state index in [1.807, 2.05) is 30.3 Å². The summed E-state index contributed by atoms with van der Waals surface area (Å²) in [6.45, 7) is 2.24. The number of rotatable bonds is 17. The summed E-state index contributed by atoms with van der Waals surface area (Å²) in [7, 11) is 0. The van der Waals surface area contributed by atoms with Crippen molar-refractivity contribution in [2.24, 2.45) is 0 Å². The smallest absolute Gasteiger partial charge is 0.312 e. The van der Waals surface area contributed by atoms with E-state index in [1.165, 1.54) is 68.8 Å². The van der Waals surface area contributed by atoms with Gasteiger partial charge in [-0.1, -0.05) is 113 Å². The van der Waals surface area contributed by atoms with Gasteiger partial charge in [-0.25, -0.2) is 19.2 Å². The highest BCUT2D eigenvalue weighted by Gasteiger charge is 2.24. The molecular weight excluding hydrogens is 547 g/mol. The first-order valence-electron chi connectivity index (χ1n) is 15.1. The first-order chi connectivity index (χ1) is 20.5. The fraction of sp³-hybridized carbons (Fsp3) is 0.412. The number of unbranched alkanes of at least 4 members (excludes halogenated alkanes) is 8. The molecule has 0 aliphatic heterocycles. The third-order valence-electron chi connectivity index (χ3n) is 7.55. The van der Waals surface area contributed by atoms with E-state index in [2.05, 4.69) is 21.9 Å². The van der Waals surface area contributed by atoms with Crippen LogP contribution in [-0.2, 0) is 18.6 Å². The maximum absolute atomic E-state index is 13.8. The van der Waals surface area contributed by atoms with Crippen LogP contribution >= 0.6 is 11.8 Å². The number of hydrogen-bond donors (Lipinski definition) is 2. The number of halogens is 1. The first kappa shape index (κ1) is 31.4. The van der Waals surface area contributed by atoms with Crippen molar-refractivity contribution in [1.82, 2.24) is 19.9 Å². The van der Waals surface area contributed by atoms with Crippen LogP contribution in [0.4, 0.5) is 4.39 Å². The van der Waals surface area contributed by atoms with E-state index in [0.717, 1.165) is 35.2 Å². The lowest BCUT2D eigenvalue weighted by Gasteiger charge is -2.20. The number of aryl methyl sites for hydroxylation is 1. The minimum absolute atomic E-state index is 0.176. The van der Waals surface area contributed by atoms with Crippen LogP contribution in [0.25, 0.3) is 0 Å². The number of nitrogens with one attached hydrogen (secondary N) is 2. The van der Waals surface area contributed by atoms with Gasteiger partial charge in [0.2, 0.25) is 0 Å². The van der Waals surface area contributed by atoms with Gasteiger partial charge in [0.15, 0.2) is 5.16 Å². The van der Waals surface area contributed by atoms with Crippen molar-refractivity contribution in [2.75, 3.05) is 0 Å². The van der Waals surface area contributed by atoms with Gasteiger partial charge >= 0.3 is 5.69 Å². The molecule has 0 aliphatic carbocycles. The molecule has 0 amide bonds. The van der Waals surface area contributed by atoms with E-state index in [9.17, 15) is 14.0 Å². The molecule has 2 aromatic carbocycles. The Morgan fingerprint density at radius 2 is 1.55 bits per heavy atom. The molecule has 2 N–H and O–H groups in total. The largest absolute Gasteiger partial charge is 0.344 e. The molecule has 222 valence electrons. The van der Waals surface area contributed by atoms with Crippen molar-refractivity contribution >= 4 is 11.8 Å². The van der Waals surface area contributed by atoms with Crippen LogP contribution in [0.15, 0.2) is 81.7 Å². The predicted octanol–water partition coefficient (Wildman–Crippen LogP) is 7.73. The van der Waals surface area contributed by atoms with E-state index in [1.54, 1.807) is 24.5 Å². The Hall–Kier alpha value is -3.52. The van der Waals surface area contributed by atoms with Gasteiger partial charge in [0.1, 0.15) is 5.82 Å². The lowest BCUT2D eigenvalue weighted by molar-refractivity contribution is 0.561. The van der Waals surface area contributed by atoms with Gasteiger partial charge in [-0.15, -0.1) is 0 Å². The number of H-pyrrole nitrogens is 2. The van der Waals surface area contributed by atoms with Crippen LogP contribution < -0.4 is 11.2 Å². The van der Waals surface area contributed by atoms with Crippen LogP contribution in [0.2, 0.25) is 0 Å². The van der Waals surface area contributed by atoms with E-state index in [4.69, 9.17) is 4.98 Å². The second-order valence-electron chi connectivity index (χ2n) is 10.8. The zero-order valence-corrected chi connectivity index (χ0v) is 25.2. The molecule has 0 fully saturated rings. The molecule has 1 atom stereocenters. The predicted molar refractivity (Wildman–Crippen MR) is 169 cm³/mol. The van der Waals surface area contributed by atoms with Crippen molar-refractivity contribution in [1.29, 1.82) is 0 Å². The quantitative estimate of drug-likeness (QED) is 0.0748. The normalized spacial score (nSPS) is 12.0. The Morgan fingerprint density at radius 1 is 0.857 bits per heavy atom. The molecule has 0 bridgehead atoms. The molecule has 2 aromatic heterocycles. The van der Waals surface area contributed by atoms with E-state index >= 15 is 0 Å². The monoisotopic (exact) mass is 588 g/mol. The zero-order valence-electron chi connectivity index (χ0n) is 24.4. The van der Waals surface area contributed by atoms with Gasteiger partial charge in [0, 0.05) is 29.6 Å². The van der Waals surface area contributed by atoms with E-state index in [0.29, 0.717) is 29.3 Å². The highest BCUT2D eigenvalue weighted by Crippen LogP contribution is 2.30. The average Bonchev–Trinajstić information content (AvgIpc) is 3.00. The third-order valence-corrected chi connectivity index (χ3v) is 8.49. The first-order valence-corrected chi connectivity index (χ1v) is 16.1. The summed E-state index contributed by atoms with van der Waals surface area (Å²) in [6, 6.07) is 16.4. The second-order valence-corrected chi connectivity index (χ2v) is 11.8. The van der Waals surface area contributed by atoms with Gasteiger partial charge in [0.25, 0.3) is 5.56 Å². The van der Waals surface area contributed by atoms with Crippen LogP contribution in [0.1, 0.15) is 98.6 Å². The lowest BCUT2D eigenvalue weighted by Crippen LogP contribution is -2.25. The molecule has 4 aromatic rings. The Kier molecular flexibility index (Phi) is 12.6. The summed E-state index contributed by atoms with van der Waals surface area (Å²) in [4.78, 5) is 40.2. The summed E-state index contributed by atoms with van der Waals surface area (Å²) >= 11 is 1.44. The van der Waals surface area contributed by atoms with Crippen LogP contribution in [0.3, 0.4) is 0 Å². The highest BCUT2D eigenvalue weighted by atomic mass is 32.2. The molecule has 0 radical (unpaired) electrons. The van der Waals surface area contributed by atoms with Gasteiger partial charge in [0.05, 0.1) is 5.69 Å². The molecule has 2 heterocycles. The van der Waals surface area contributed by atoms with Crippen molar-refractivity contribution in [3.05, 3.63) is 122 Å². The maximum Gasteiger partial charge on any atom is 0.344 e. The van der Waals surface area contributed by atoms with Crippen LogP contribution in [0, 0.1) is 5.82 Å². The van der Waals surface area contributed by atoms with Crippen molar-refractivity contribution < 1.29 is 4.39 Å². The summed E-state index contributed by atoms with van der Waals surface area (Å²) in [6.07, 6.45) is 15.4. The number of thioether (sulfide) groups is 1. The van der Waals surface area contributed by atoms with Crippen LogP contribution in [0.5, 0.6) is 0 Å². The van der Waals surface area contributed by atoms with Gasteiger partial charge in [-0.3, -0.25) is 4.79 Å². The van der Waals surface area contributed by atoms with Gasteiger partial charge < -0.3 is 9.97 Å². The topological polar surface area (TPSA) is 91.5 Å². The molecule has 4 rings (SSSR count). The number of aromatic nitrogens is 4. The molecule has 8 heteroatoms. The number of benzene rings is 2. The molecule has 0 aliphatic rings. The molecule has 0 spiro atoms. The Labute approximate surface area is 251 Å². The molecule has 1 unspecified atom stereocenters. The Balaban J connectivity index is 1.58. The van der Waals surface area contributed by atoms with Crippen molar-refractivity contribution in [3.8, 4) is 0 Å². The SMILES string of the molecule is CCCCCCCCCCCc1nc(SCc2ccc(F)cc2)[nH]c(=O)c1C(Cc1ccccc1)c1cnc(=O)[nH]c1. The second kappa shape index (κ2) is 16.8. The number of aromatic amines is 2. The third kappa shape index (κ3) is 9.79. The number of nitrogens with zero attached hydrogens (tertiary/aromatic N) is 2. The van der Waals surface area contributed by atoms with Crippen LogP contribution in [-0.4, -0.2) is 19.9 Å². The van der Waals surface area contributed by atoms with E-state index in [-0.39, 0.29) is 17.3 Å². The standard InChI is InChI=1S/C34H41FN4O2S/c1-2-3-4-5-6-7-8-9-13-16-30-31(32(40)39-34(38-30)42-24-26-17-19-28(35)20-18-26)29(21-25-14-11-10-12-15-25)27-22-36-33(41)37-23-27/h10-12,14-15,17-20,22-23,29H,2-9,13,16,21,24H2,1H3,(H,36,37,41)(H,38,39,40). The lowest BCUT2D eigenvalue weighted by atomic mass is 9.86. The minimum atomic E-state index is -0.424. The van der Waals surface area contributed by atoms with Gasteiger partial charge in [-0.2, -0.15) is 0 Å². The summed E-state index contributed by atoms with van der Waals surface area (Å²) in [5.41, 5.74) is 3.61. The molecule has 0 saturated heterocycles. The fourth-order valence-electron chi connectivity index (χ4n) is 5.24. The highest BCUT2D eigenvalue weighted by molar-refractivity contribution is 7.98. The molecule has 42 heavy (non-hydrogen) atoms. The fourth-order valence-corrected chi connectivity index (χ4v) is 6.08. The summed E-state index contributed by atoms with van der Waals surface area (Å²) in [5, 5.41) is 0.553. The Bertz CT molecular complexity index is 1470. The van der Waals surface area contributed by atoms with Crippen molar-refractivity contribution in [2.45, 2.75) is 94.4 Å².